The molecule has 30 heavy (non-hydrogen) atoms. The number of nitrogens with zero attached hydrogens (tertiary/aromatic N) is 3. The van der Waals surface area contributed by atoms with E-state index >= 15 is 0 Å². The van der Waals surface area contributed by atoms with Crippen molar-refractivity contribution in [3.05, 3.63) is 65.3 Å². The molecule has 0 radical (unpaired) electrons. The van der Waals surface area contributed by atoms with E-state index in [4.69, 9.17) is 0 Å². The van der Waals surface area contributed by atoms with Crippen LogP contribution in [0.3, 0.4) is 0 Å². The smallest absolute Gasteiger partial charge is 0.261 e. The van der Waals surface area contributed by atoms with Gasteiger partial charge in [-0.2, -0.15) is 0 Å². The lowest BCUT2D eigenvalue weighted by molar-refractivity contribution is 0.601. The summed E-state index contributed by atoms with van der Waals surface area (Å²) in [7, 11) is -3.71. The highest BCUT2D eigenvalue weighted by Crippen LogP contribution is 2.32. The Morgan fingerprint density at radius 2 is 1.80 bits per heavy atom. The van der Waals surface area contributed by atoms with Crippen LogP contribution in [0.25, 0.3) is 31.1 Å². The monoisotopic (exact) mass is 452 g/mol. The molecular formula is C21H16N4O2S3. The minimum Gasteiger partial charge on any atom is -0.279 e. The number of aromatic nitrogens is 3. The van der Waals surface area contributed by atoms with Crippen molar-refractivity contribution < 1.29 is 8.42 Å². The number of thiazole rings is 2. The number of anilines is 1. The van der Waals surface area contributed by atoms with Crippen molar-refractivity contribution in [3.63, 3.8) is 0 Å². The summed E-state index contributed by atoms with van der Waals surface area (Å²) in [5.74, 6) is 0. The first-order valence-electron chi connectivity index (χ1n) is 9.12. The Kier molecular flexibility index (Phi) is 4.53. The number of sulfonamides is 1. The van der Waals surface area contributed by atoms with Gasteiger partial charge in [0.1, 0.15) is 15.4 Å². The highest BCUT2D eigenvalue weighted by molar-refractivity contribution is 7.92. The Bertz CT molecular complexity index is 1490. The number of rotatable bonds is 4. The third-order valence-corrected chi connectivity index (χ3v) is 7.99. The van der Waals surface area contributed by atoms with E-state index in [0.29, 0.717) is 5.69 Å². The van der Waals surface area contributed by atoms with E-state index in [1.54, 1.807) is 30.5 Å². The molecule has 0 saturated carbocycles. The van der Waals surface area contributed by atoms with Gasteiger partial charge >= 0.3 is 0 Å². The molecule has 0 atom stereocenters. The second-order valence-electron chi connectivity index (χ2n) is 6.84. The van der Waals surface area contributed by atoms with Crippen LogP contribution in [0.15, 0.2) is 59.6 Å². The molecule has 150 valence electrons. The van der Waals surface area contributed by atoms with Crippen LogP contribution < -0.4 is 4.72 Å². The Morgan fingerprint density at radius 1 is 0.933 bits per heavy atom. The number of hydrogen-bond donors (Lipinski definition) is 1. The van der Waals surface area contributed by atoms with Crippen LogP contribution in [-0.4, -0.2) is 23.4 Å². The molecule has 0 aliphatic heterocycles. The van der Waals surface area contributed by atoms with Crippen molar-refractivity contribution in [1.82, 2.24) is 15.0 Å². The maximum absolute atomic E-state index is 12.9. The van der Waals surface area contributed by atoms with Gasteiger partial charge in [0.25, 0.3) is 10.0 Å². The Balaban J connectivity index is 1.46. The Morgan fingerprint density at radius 3 is 2.60 bits per heavy atom. The molecule has 0 aliphatic rings. The lowest BCUT2D eigenvalue weighted by atomic mass is 10.1. The summed E-state index contributed by atoms with van der Waals surface area (Å²) in [6.07, 6.45) is 1.75. The summed E-state index contributed by atoms with van der Waals surface area (Å²) in [5.41, 5.74) is 3.95. The molecule has 0 bridgehead atoms. The quantitative estimate of drug-likeness (QED) is 0.395. The molecular weight excluding hydrogens is 436 g/mol. The zero-order valence-electron chi connectivity index (χ0n) is 16.1. The predicted molar refractivity (Wildman–Crippen MR) is 123 cm³/mol. The van der Waals surface area contributed by atoms with Crippen LogP contribution >= 0.6 is 22.7 Å². The maximum atomic E-state index is 12.9. The van der Waals surface area contributed by atoms with E-state index in [0.717, 1.165) is 41.7 Å². The van der Waals surface area contributed by atoms with Crippen LogP contribution in [0.1, 0.15) is 10.6 Å². The zero-order chi connectivity index (χ0) is 20.9. The lowest BCUT2D eigenvalue weighted by Gasteiger charge is -2.11. The van der Waals surface area contributed by atoms with Crippen molar-refractivity contribution in [3.8, 4) is 10.6 Å². The van der Waals surface area contributed by atoms with Crippen molar-refractivity contribution in [2.75, 3.05) is 4.72 Å². The van der Waals surface area contributed by atoms with Crippen molar-refractivity contribution >= 4 is 58.9 Å². The number of pyridine rings is 1. The van der Waals surface area contributed by atoms with E-state index in [2.05, 4.69) is 19.7 Å². The van der Waals surface area contributed by atoms with Gasteiger partial charge in [0.2, 0.25) is 0 Å². The SMILES string of the molecule is Cc1nc2ccc(S(=O)(=O)Nc3ccc(-c4nc5cccnc5s4)cc3C)cc2s1. The normalized spacial score (nSPS) is 11.9. The highest BCUT2D eigenvalue weighted by atomic mass is 32.2. The number of aryl methyl sites for hydroxylation is 2. The first-order chi connectivity index (χ1) is 14.4. The maximum Gasteiger partial charge on any atom is 0.261 e. The van der Waals surface area contributed by atoms with Crippen LogP contribution in [0.2, 0.25) is 0 Å². The average molecular weight is 453 g/mol. The van der Waals surface area contributed by atoms with Crippen molar-refractivity contribution in [2.45, 2.75) is 18.7 Å². The van der Waals surface area contributed by atoms with Crippen LogP contribution in [-0.2, 0) is 10.0 Å². The summed E-state index contributed by atoms with van der Waals surface area (Å²) in [4.78, 5) is 14.4. The first kappa shape index (κ1) is 19.1. The van der Waals surface area contributed by atoms with Crippen LogP contribution in [0.4, 0.5) is 5.69 Å². The van der Waals surface area contributed by atoms with Gasteiger partial charge in [0.05, 0.1) is 25.8 Å². The van der Waals surface area contributed by atoms with Gasteiger partial charge in [-0.15, -0.1) is 11.3 Å². The summed E-state index contributed by atoms with van der Waals surface area (Å²) in [5, 5.41) is 1.76. The molecule has 3 aromatic heterocycles. The van der Waals surface area contributed by atoms with Gasteiger partial charge in [-0.3, -0.25) is 4.72 Å². The molecule has 5 aromatic rings. The van der Waals surface area contributed by atoms with Gasteiger partial charge in [0.15, 0.2) is 0 Å². The Hall–Kier alpha value is -2.88. The van der Waals surface area contributed by atoms with Crippen molar-refractivity contribution in [1.29, 1.82) is 0 Å². The lowest BCUT2D eigenvalue weighted by Crippen LogP contribution is -2.13. The number of fused-ring (bicyclic) bond motifs is 2. The van der Waals surface area contributed by atoms with Crippen LogP contribution in [0, 0.1) is 13.8 Å². The van der Waals surface area contributed by atoms with Crippen molar-refractivity contribution in [2.24, 2.45) is 0 Å². The molecule has 2 aromatic carbocycles. The fourth-order valence-electron chi connectivity index (χ4n) is 3.20. The van der Waals surface area contributed by atoms with Gasteiger partial charge in [-0.25, -0.2) is 23.4 Å². The van der Waals surface area contributed by atoms with Gasteiger partial charge in [0, 0.05) is 11.8 Å². The predicted octanol–water partition coefficient (Wildman–Crippen LogP) is 5.39. The third kappa shape index (κ3) is 3.45. The summed E-state index contributed by atoms with van der Waals surface area (Å²) in [6, 6.07) is 14.4. The molecule has 0 fully saturated rings. The minimum atomic E-state index is -3.71. The standard InChI is InChI=1S/C21H16N4O2S3/c1-12-10-14(20-24-18-4-3-9-22-21(18)29-20)5-7-16(12)25-30(26,27)15-6-8-17-19(11-15)28-13(2)23-17/h3-11,25H,1-2H3. The van der Waals surface area contributed by atoms with E-state index in [-0.39, 0.29) is 4.90 Å². The van der Waals surface area contributed by atoms with Crippen LogP contribution in [0.5, 0.6) is 0 Å². The second kappa shape index (κ2) is 7.12. The second-order valence-corrected chi connectivity index (χ2v) is 10.7. The molecule has 0 amide bonds. The highest BCUT2D eigenvalue weighted by Gasteiger charge is 2.17. The summed E-state index contributed by atoms with van der Waals surface area (Å²) >= 11 is 2.99. The molecule has 1 N–H and O–H groups in total. The van der Waals surface area contributed by atoms with E-state index in [1.807, 2.05) is 38.1 Å². The summed E-state index contributed by atoms with van der Waals surface area (Å²) in [6.45, 7) is 3.78. The topological polar surface area (TPSA) is 84.8 Å². The summed E-state index contributed by atoms with van der Waals surface area (Å²) < 4.78 is 29.4. The average Bonchev–Trinajstić information content (AvgIpc) is 3.31. The molecule has 6 nitrogen and oxygen atoms in total. The van der Waals surface area contributed by atoms with Gasteiger partial charge < -0.3 is 0 Å². The van der Waals surface area contributed by atoms with E-state index in [9.17, 15) is 8.42 Å². The molecule has 3 heterocycles. The molecule has 0 saturated heterocycles. The van der Waals surface area contributed by atoms with Gasteiger partial charge in [-0.1, -0.05) is 11.3 Å². The number of nitrogens with one attached hydrogen (secondary N) is 1. The van der Waals surface area contributed by atoms with E-state index in [1.165, 1.54) is 22.7 Å². The largest absolute Gasteiger partial charge is 0.279 e. The fraction of sp³-hybridized carbons (Fsp3) is 0.0952. The van der Waals surface area contributed by atoms with E-state index < -0.39 is 10.0 Å². The number of benzene rings is 2. The molecule has 0 aliphatic carbocycles. The van der Waals surface area contributed by atoms with Gasteiger partial charge in [-0.05, 0) is 67.9 Å². The third-order valence-electron chi connectivity index (χ3n) is 4.66. The fourth-order valence-corrected chi connectivity index (χ4v) is 6.20. The minimum absolute atomic E-state index is 0.222. The Labute approximate surface area is 181 Å². The molecule has 0 unspecified atom stereocenters. The zero-order valence-corrected chi connectivity index (χ0v) is 18.5. The molecule has 5 rings (SSSR count). The number of hydrogen-bond acceptors (Lipinski definition) is 7. The first-order valence-corrected chi connectivity index (χ1v) is 12.2. The molecule has 0 spiro atoms. The molecule has 9 heteroatoms.